The first-order valence-corrected chi connectivity index (χ1v) is 5.84. The van der Waals surface area contributed by atoms with Crippen molar-refractivity contribution in [1.29, 1.82) is 0 Å². The number of hydrogen-bond acceptors (Lipinski definition) is 5. The molecule has 0 aromatic heterocycles. The van der Waals surface area contributed by atoms with Crippen LogP contribution < -0.4 is 0 Å². The quantitative estimate of drug-likeness (QED) is 0.774. The highest BCUT2D eigenvalue weighted by Crippen LogP contribution is 2.42. The molecule has 2 rings (SSSR count). The Hall–Kier alpha value is -2.63. The van der Waals surface area contributed by atoms with E-state index in [1.165, 1.54) is 26.0 Å². The first-order valence-electron chi connectivity index (χ1n) is 5.84. The van der Waals surface area contributed by atoms with E-state index < -0.39 is 11.9 Å². The van der Waals surface area contributed by atoms with E-state index in [0.717, 1.165) is 0 Å². The maximum absolute atomic E-state index is 11.7. The van der Waals surface area contributed by atoms with E-state index in [1.807, 2.05) is 0 Å². The van der Waals surface area contributed by atoms with Crippen molar-refractivity contribution in [3.63, 3.8) is 0 Å². The molecule has 0 spiro atoms. The third kappa shape index (κ3) is 2.16. The van der Waals surface area contributed by atoms with Crippen LogP contribution in [0, 0.1) is 0 Å². The summed E-state index contributed by atoms with van der Waals surface area (Å²) in [7, 11) is 2.50. The highest BCUT2D eigenvalue weighted by molar-refractivity contribution is 6.15. The number of carbonyl (C=O) groups excluding carboxylic acids is 3. The van der Waals surface area contributed by atoms with Gasteiger partial charge in [0.05, 0.1) is 25.5 Å². The molecule has 0 saturated heterocycles. The topological polar surface area (TPSA) is 72.7 Å². The summed E-state index contributed by atoms with van der Waals surface area (Å²) in [6, 6.07) is 6.60. The Morgan fingerprint density at radius 3 is 2.15 bits per heavy atom. The molecule has 0 fully saturated rings. The SMILES string of the molecule is COC(=O)C1=C(c2ccccc2C(=O)OC)N1C(C)=O. The van der Waals surface area contributed by atoms with Crippen molar-refractivity contribution in [2.75, 3.05) is 14.2 Å². The number of rotatable bonds is 3. The molecule has 1 amide bonds. The molecule has 1 aromatic carbocycles. The molecule has 0 atom stereocenters. The van der Waals surface area contributed by atoms with Gasteiger partial charge in [-0.05, 0) is 6.07 Å². The van der Waals surface area contributed by atoms with Crippen molar-refractivity contribution in [3.8, 4) is 0 Å². The molecule has 6 heteroatoms. The number of hydrogen-bond donors (Lipinski definition) is 0. The lowest BCUT2D eigenvalue weighted by Gasteiger charge is -2.06. The Morgan fingerprint density at radius 1 is 1.00 bits per heavy atom. The third-order valence-electron chi connectivity index (χ3n) is 2.90. The van der Waals surface area contributed by atoms with E-state index in [1.54, 1.807) is 24.3 Å². The van der Waals surface area contributed by atoms with Gasteiger partial charge in [0.25, 0.3) is 0 Å². The fraction of sp³-hybridized carbons (Fsp3) is 0.214. The van der Waals surface area contributed by atoms with Crippen molar-refractivity contribution < 1.29 is 23.9 Å². The van der Waals surface area contributed by atoms with E-state index in [2.05, 4.69) is 4.74 Å². The Balaban J connectivity index is 2.50. The summed E-state index contributed by atoms with van der Waals surface area (Å²) in [5.74, 6) is -1.47. The Labute approximate surface area is 115 Å². The smallest absolute Gasteiger partial charge is 0.357 e. The van der Waals surface area contributed by atoms with Gasteiger partial charge < -0.3 is 9.47 Å². The molecule has 1 heterocycles. The second-order valence-corrected chi connectivity index (χ2v) is 4.08. The Kier molecular flexibility index (Phi) is 3.56. The summed E-state index contributed by atoms with van der Waals surface area (Å²) in [5.41, 5.74) is 1.28. The van der Waals surface area contributed by atoms with Crippen LogP contribution in [-0.4, -0.2) is 37.0 Å². The normalized spacial score (nSPS) is 13.1. The minimum absolute atomic E-state index is 0.149. The summed E-state index contributed by atoms with van der Waals surface area (Å²) in [5, 5.41) is 0. The van der Waals surface area contributed by atoms with Gasteiger partial charge in [0, 0.05) is 12.5 Å². The molecule has 0 N–H and O–H groups in total. The van der Waals surface area contributed by atoms with E-state index in [-0.39, 0.29) is 17.2 Å². The molecule has 0 radical (unpaired) electrons. The minimum atomic E-state index is -0.616. The molecule has 6 nitrogen and oxygen atoms in total. The fourth-order valence-corrected chi connectivity index (χ4v) is 1.99. The van der Waals surface area contributed by atoms with E-state index in [4.69, 9.17) is 4.74 Å². The molecule has 0 aliphatic carbocycles. The lowest BCUT2D eigenvalue weighted by atomic mass is 10.1. The van der Waals surface area contributed by atoms with Crippen molar-refractivity contribution in [2.24, 2.45) is 0 Å². The van der Waals surface area contributed by atoms with Crippen LogP contribution in [0.2, 0.25) is 0 Å². The summed E-state index contributed by atoms with van der Waals surface area (Å²) >= 11 is 0. The summed E-state index contributed by atoms with van der Waals surface area (Å²) in [6.45, 7) is 1.33. The molecular weight excluding hydrogens is 262 g/mol. The van der Waals surface area contributed by atoms with Crippen LogP contribution in [-0.2, 0) is 19.1 Å². The van der Waals surface area contributed by atoms with E-state index in [0.29, 0.717) is 11.3 Å². The zero-order valence-corrected chi connectivity index (χ0v) is 11.3. The van der Waals surface area contributed by atoms with Gasteiger partial charge in [-0.25, -0.2) is 9.59 Å². The average Bonchev–Trinajstić information content (AvgIpc) is 3.21. The molecule has 20 heavy (non-hydrogen) atoms. The molecule has 104 valence electrons. The molecule has 1 aromatic rings. The molecule has 0 bridgehead atoms. The predicted molar refractivity (Wildman–Crippen MR) is 69.2 cm³/mol. The van der Waals surface area contributed by atoms with Crippen LogP contribution in [0.1, 0.15) is 22.8 Å². The average molecular weight is 275 g/mol. The minimum Gasteiger partial charge on any atom is -0.465 e. The van der Waals surface area contributed by atoms with Crippen molar-refractivity contribution in [1.82, 2.24) is 4.90 Å². The lowest BCUT2D eigenvalue weighted by Crippen LogP contribution is -2.14. The van der Waals surface area contributed by atoms with Crippen LogP contribution in [0.15, 0.2) is 30.0 Å². The van der Waals surface area contributed by atoms with Gasteiger partial charge in [-0.3, -0.25) is 9.69 Å². The second-order valence-electron chi connectivity index (χ2n) is 4.08. The van der Waals surface area contributed by atoms with Crippen LogP contribution >= 0.6 is 0 Å². The Morgan fingerprint density at radius 2 is 1.60 bits per heavy atom. The summed E-state index contributed by atoms with van der Waals surface area (Å²) in [4.78, 5) is 36.1. The Bertz CT molecular complexity index is 632. The van der Waals surface area contributed by atoms with E-state index >= 15 is 0 Å². The number of benzene rings is 1. The zero-order valence-electron chi connectivity index (χ0n) is 11.3. The number of esters is 2. The van der Waals surface area contributed by atoms with Crippen molar-refractivity contribution in [2.45, 2.75) is 6.92 Å². The maximum atomic E-state index is 11.7. The second kappa shape index (κ2) is 5.16. The number of amides is 1. The van der Waals surface area contributed by atoms with Crippen molar-refractivity contribution >= 4 is 23.5 Å². The van der Waals surface area contributed by atoms with Crippen LogP contribution in [0.4, 0.5) is 0 Å². The highest BCUT2D eigenvalue weighted by Gasteiger charge is 2.44. The van der Waals surface area contributed by atoms with Gasteiger partial charge in [-0.2, -0.15) is 0 Å². The number of ether oxygens (including phenoxy) is 2. The van der Waals surface area contributed by atoms with Crippen LogP contribution in [0.5, 0.6) is 0 Å². The fourth-order valence-electron chi connectivity index (χ4n) is 1.99. The highest BCUT2D eigenvalue weighted by atomic mass is 16.5. The third-order valence-corrected chi connectivity index (χ3v) is 2.90. The van der Waals surface area contributed by atoms with Gasteiger partial charge >= 0.3 is 11.9 Å². The number of methoxy groups -OCH3 is 2. The van der Waals surface area contributed by atoms with E-state index in [9.17, 15) is 14.4 Å². The van der Waals surface area contributed by atoms with Gasteiger partial charge in [0.2, 0.25) is 5.91 Å². The van der Waals surface area contributed by atoms with Crippen LogP contribution in [0.3, 0.4) is 0 Å². The van der Waals surface area contributed by atoms with Gasteiger partial charge in [0.15, 0.2) is 5.70 Å². The molecular formula is C14H13NO5. The largest absolute Gasteiger partial charge is 0.465 e. The molecule has 1 aliphatic heterocycles. The maximum Gasteiger partial charge on any atom is 0.357 e. The molecule has 1 aliphatic rings. The molecule has 0 unspecified atom stereocenters. The summed E-state index contributed by atoms with van der Waals surface area (Å²) in [6.07, 6.45) is 0. The summed E-state index contributed by atoms with van der Waals surface area (Å²) < 4.78 is 9.32. The first-order chi connectivity index (χ1) is 9.52. The lowest BCUT2D eigenvalue weighted by molar-refractivity contribution is -0.138. The molecule has 0 saturated carbocycles. The standard InChI is InChI=1S/C14H13NO5/c1-8(16)15-11(12(15)14(18)20-3)9-6-4-5-7-10(9)13(17)19-2/h4-7H,1-3H3. The monoisotopic (exact) mass is 275 g/mol. The first kappa shape index (κ1) is 13.8. The zero-order chi connectivity index (χ0) is 14.9. The van der Waals surface area contributed by atoms with Gasteiger partial charge in [0.1, 0.15) is 0 Å². The predicted octanol–water partition coefficient (Wildman–Crippen LogP) is 1.18. The van der Waals surface area contributed by atoms with Crippen LogP contribution in [0.25, 0.3) is 5.70 Å². The van der Waals surface area contributed by atoms with Gasteiger partial charge in [-0.15, -0.1) is 0 Å². The van der Waals surface area contributed by atoms with Crippen molar-refractivity contribution in [3.05, 3.63) is 41.1 Å². The number of carbonyl (C=O) groups is 3. The number of nitrogens with zero attached hydrogens (tertiary/aromatic N) is 1. The van der Waals surface area contributed by atoms with Gasteiger partial charge in [-0.1, -0.05) is 18.2 Å².